The Balaban J connectivity index is 2.79. The number of hydrogen-bond donors (Lipinski definition) is 2. The molecule has 3 heteroatoms. The van der Waals surface area contributed by atoms with Crippen molar-refractivity contribution in [2.75, 3.05) is 0 Å². The Labute approximate surface area is 88.7 Å². The number of carboxylic acid groups (broad SMARTS) is 1. The van der Waals surface area contributed by atoms with E-state index in [1.54, 1.807) is 30.3 Å². The molecule has 1 rings (SSSR count). The Morgan fingerprint density at radius 2 is 1.93 bits per heavy atom. The molecule has 2 N–H and O–H groups in total. The topological polar surface area (TPSA) is 57.5 Å². The molecule has 1 aromatic rings. The Bertz CT molecular complexity index is 363. The third kappa shape index (κ3) is 3.46. The Morgan fingerprint density at radius 1 is 1.33 bits per heavy atom. The van der Waals surface area contributed by atoms with E-state index in [9.17, 15) is 4.79 Å². The molecular formula is C12H14O3. The van der Waals surface area contributed by atoms with Crippen LogP contribution in [0.3, 0.4) is 0 Å². The number of benzene rings is 1. The molecule has 0 aliphatic heterocycles. The van der Waals surface area contributed by atoms with Gasteiger partial charge in [-0.2, -0.15) is 0 Å². The molecule has 3 nitrogen and oxygen atoms in total. The van der Waals surface area contributed by atoms with E-state index in [4.69, 9.17) is 10.2 Å². The number of carboxylic acids is 1. The molecule has 0 heterocycles. The molecule has 15 heavy (non-hydrogen) atoms. The number of allylic oxidation sites excluding steroid dienone is 1. The lowest BCUT2D eigenvalue weighted by atomic mass is 10.0. The van der Waals surface area contributed by atoms with Crippen molar-refractivity contribution in [2.24, 2.45) is 0 Å². The van der Waals surface area contributed by atoms with Gasteiger partial charge in [0, 0.05) is 12.0 Å². The van der Waals surface area contributed by atoms with Gasteiger partial charge in [-0.05, 0) is 24.1 Å². The van der Waals surface area contributed by atoms with Crippen molar-refractivity contribution in [1.82, 2.24) is 0 Å². The number of hydrogen-bond acceptors (Lipinski definition) is 2. The predicted octanol–water partition coefficient (Wildman–Crippen LogP) is 2.36. The standard InChI is InChI=1S/C12H14O3/c1-2-3-10(12(14)15)8-9-4-6-11(13)7-5-9/h3-7,13H,2,8H2,1H3,(H,14,15). The molecule has 80 valence electrons. The second kappa shape index (κ2) is 5.20. The van der Waals surface area contributed by atoms with Gasteiger partial charge in [-0.15, -0.1) is 0 Å². The summed E-state index contributed by atoms with van der Waals surface area (Å²) in [5.74, 6) is -0.694. The fraction of sp³-hybridized carbons (Fsp3) is 0.250. The van der Waals surface area contributed by atoms with Crippen molar-refractivity contribution in [3.63, 3.8) is 0 Å². The highest BCUT2D eigenvalue weighted by molar-refractivity contribution is 5.87. The largest absolute Gasteiger partial charge is 0.508 e. The predicted molar refractivity (Wildman–Crippen MR) is 57.8 cm³/mol. The van der Waals surface area contributed by atoms with Gasteiger partial charge in [0.25, 0.3) is 0 Å². The highest BCUT2D eigenvalue weighted by Crippen LogP contribution is 2.13. The van der Waals surface area contributed by atoms with Gasteiger partial charge in [0.05, 0.1) is 0 Å². The van der Waals surface area contributed by atoms with Gasteiger partial charge < -0.3 is 10.2 Å². The van der Waals surface area contributed by atoms with Crippen molar-refractivity contribution in [3.05, 3.63) is 41.5 Å². The smallest absolute Gasteiger partial charge is 0.331 e. The van der Waals surface area contributed by atoms with Crippen LogP contribution in [0, 0.1) is 0 Å². The number of rotatable bonds is 4. The molecule has 0 bridgehead atoms. The van der Waals surface area contributed by atoms with Crippen LogP contribution in [-0.4, -0.2) is 16.2 Å². The lowest BCUT2D eigenvalue weighted by Gasteiger charge is -2.02. The van der Waals surface area contributed by atoms with E-state index >= 15 is 0 Å². The molecule has 0 spiro atoms. The summed E-state index contributed by atoms with van der Waals surface area (Å²) < 4.78 is 0. The van der Waals surface area contributed by atoms with E-state index < -0.39 is 5.97 Å². The van der Waals surface area contributed by atoms with Crippen LogP contribution >= 0.6 is 0 Å². The van der Waals surface area contributed by atoms with Crippen LogP contribution in [0.5, 0.6) is 5.75 Å². The fourth-order valence-corrected chi connectivity index (χ4v) is 1.32. The molecule has 0 aromatic heterocycles. The Kier molecular flexibility index (Phi) is 3.92. The van der Waals surface area contributed by atoms with Crippen molar-refractivity contribution < 1.29 is 15.0 Å². The number of phenolic OH excluding ortho intramolecular Hbond substituents is 1. The monoisotopic (exact) mass is 206 g/mol. The summed E-state index contributed by atoms with van der Waals surface area (Å²) in [6.45, 7) is 1.90. The third-order valence-electron chi connectivity index (χ3n) is 2.06. The maximum absolute atomic E-state index is 10.8. The maximum atomic E-state index is 10.8. The Morgan fingerprint density at radius 3 is 2.40 bits per heavy atom. The molecule has 0 fully saturated rings. The summed E-state index contributed by atoms with van der Waals surface area (Å²) in [6.07, 6.45) is 2.80. The Hall–Kier alpha value is -1.77. The summed E-state index contributed by atoms with van der Waals surface area (Å²) in [5, 5.41) is 18.0. The summed E-state index contributed by atoms with van der Waals surface area (Å²) in [7, 11) is 0. The molecule has 0 aliphatic rings. The van der Waals surface area contributed by atoms with E-state index in [1.165, 1.54) is 0 Å². The zero-order chi connectivity index (χ0) is 11.3. The average Bonchev–Trinajstić information content (AvgIpc) is 2.20. The van der Waals surface area contributed by atoms with Crippen LogP contribution in [0.2, 0.25) is 0 Å². The lowest BCUT2D eigenvalue weighted by Crippen LogP contribution is -2.03. The average molecular weight is 206 g/mol. The number of aliphatic carboxylic acids is 1. The molecule has 1 aromatic carbocycles. The first kappa shape index (κ1) is 11.3. The highest BCUT2D eigenvalue weighted by atomic mass is 16.4. The highest BCUT2D eigenvalue weighted by Gasteiger charge is 2.07. The van der Waals surface area contributed by atoms with Crippen molar-refractivity contribution in [2.45, 2.75) is 19.8 Å². The van der Waals surface area contributed by atoms with Gasteiger partial charge in [-0.1, -0.05) is 25.1 Å². The maximum Gasteiger partial charge on any atom is 0.331 e. The van der Waals surface area contributed by atoms with E-state index in [1.807, 2.05) is 6.92 Å². The first-order valence-electron chi connectivity index (χ1n) is 4.83. The van der Waals surface area contributed by atoms with E-state index in [0.717, 1.165) is 5.56 Å². The minimum Gasteiger partial charge on any atom is -0.508 e. The van der Waals surface area contributed by atoms with Crippen LogP contribution < -0.4 is 0 Å². The van der Waals surface area contributed by atoms with E-state index in [-0.39, 0.29) is 5.75 Å². The van der Waals surface area contributed by atoms with Crippen LogP contribution in [0.1, 0.15) is 18.9 Å². The fourth-order valence-electron chi connectivity index (χ4n) is 1.32. The van der Waals surface area contributed by atoms with Gasteiger partial charge in [-0.3, -0.25) is 0 Å². The van der Waals surface area contributed by atoms with Gasteiger partial charge >= 0.3 is 5.97 Å². The second-order valence-electron chi connectivity index (χ2n) is 3.29. The van der Waals surface area contributed by atoms with Crippen LogP contribution in [0.25, 0.3) is 0 Å². The molecule has 0 aliphatic carbocycles. The second-order valence-corrected chi connectivity index (χ2v) is 3.29. The first-order chi connectivity index (χ1) is 7.13. The zero-order valence-corrected chi connectivity index (χ0v) is 8.60. The summed E-state index contributed by atoms with van der Waals surface area (Å²) in [5.41, 5.74) is 1.28. The van der Waals surface area contributed by atoms with Crippen molar-refractivity contribution in [1.29, 1.82) is 0 Å². The van der Waals surface area contributed by atoms with E-state index in [0.29, 0.717) is 18.4 Å². The minimum absolute atomic E-state index is 0.190. The van der Waals surface area contributed by atoms with Crippen LogP contribution in [-0.2, 0) is 11.2 Å². The normalized spacial score (nSPS) is 11.4. The van der Waals surface area contributed by atoms with Crippen LogP contribution in [0.4, 0.5) is 0 Å². The molecule has 0 saturated carbocycles. The number of phenols is 1. The van der Waals surface area contributed by atoms with Gasteiger partial charge in [0.2, 0.25) is 0 Å². The quantitative estimate of drug-likeness (QED) is 0.743. The molecule has 0 saturated heterocycles. The van der Waals surface area contributed by atoms with Gasteiger partial charge in [0.1, 0.15) is 5.75 Å². The van der Waals surface area contributed by atoms with Gasteiger partial charge in [0.15, 0.2) is 0 Å². The van der Waals surface area contributed by atoms with Crippen LogP contribution in [0.15, 0.2) is 35.9 Å². The van der Waals surface area contributed by atoms with Crippen molar-refractivity contribution >= 4 is 5.97 Å². The minimum atomic E-state index is -0.884. The van der Waals surface area contributed by atoms with E-state index in [2.05, 4.69) is 0 Å². The number of carbonyl (C=O) groups is 1. The third-order valence-corrected chi connectivity index (χ3v) is 2.06. The zero-order valence-electron chi connectivity index (χ0n) is 8.60. The first-order valence-corrected chi connectivity index (χ1v) is 4.83. The molecule has 0 atom stereocenters. The molecule has 0 radical (unpaired) electrons. The summed E-state index contributed by atoms with van der Waals surface area (Å²) >= 11 is 0. The summed E-state index contributed by atoms with van der Waals surface area (Å²) in [6, 6.07) is 6.56. The number of aromatic hydroxyl groups is 1. The molecule has 0 amide bonds. The molecular weight excluding hydrogens is 192 g/mol. The summed E-state index contributed by atoms with van der Waals surface area (Å²) in [4.78, 5) is 10.8. The SMILES string of the molecule is CCC=C(Cc1ccc(O)cc1)C(=O)O. The molecule has 0 unspecified atom stereocenters. The van der Waals surface area contributed by atoms with Gasteiger partial charge in [-0.25, -0.2) is 4.79 Å². The lowest BCUT2D eigenvalue weighted by molar-refractivity contribution is -0.132. The van der Waals surface area contributed by atoms with Crippen molar-refractivity contribution in [3.8, 4) is 5.75 Å².